The minimum absolute atomic E-state index is 0.0423. The number of fused-ring (bicyclic) bond motifs is 1. The highest BCUT2D eigenvalue weighted by Crippen LogP contribution is 2.29. The number of nitrogens with two attached hydrogens (primary N) is 1. The fourth-order valence-corrected chi connectivity index (χ4v) is 3.55. The van der Waals surface area contributed by atoms with Gasteiger partial charge in [-0.25, -0.2) is 10.1 Å². The summed E-state index contributed by atoms with van der Waals surface area (Å²) in [4.78, 5) is 19.0. The number of hydrazone groups is 1. The average Bonchev–Trinajstić information content (AvgIpc) is 3.53. The maximum absolute atomic E-state index is 12.9. The Morgan fingerprint density at radius 3 is 2.88 bits per heavy atom. The number of nitrogen functional groups attached to an aromatic ring is 1. The molecule has 3 aromatic heterocycles. The van der Waals surface area contributed by atoms with Crippen molar-refractivity contribution in [2.24, 2.45) is 5.10 Å². The van der Waals surface area contributed by atoms with Crippen molar-refractivity contribution in [2.75, 3.05) is 17.2 Å². The van der Waals surface area contributed by atoms with Gasteiger partial charge in [0.1, 0.15) is 0 Å². The molecule has 0 spiro atoms. The fraction of sp³-hybridized carbons (Fsp3) is 0.150. The Kier molecular flexibility index (Phi) is 5.00. The van der Waals surface area contributed by atoms with E-state index in [0.29, 0.717) is 12.2 Å². The molecule has 0 saturated carbocycles. The largest absolute Gasteiger partial charge is 0.378 e. The monoisotopic (exact) mass is 430 g/mol. The molecule has 12 heteroatoms. The fourth-order valence-electron chi connectivity index (χ4n) is 3.55. The van der Waals surface area contributed by atoms with Crippen molar-refractivity contribution in [3.63, 3.8) is 0 Å². The minimum Gasteiger partial charge on any atom is -0.378 e. The second kappa shape index (κ2) is 8.26. The van der Waals surface area contributed by atoms with Crippen LogP contribution in [0.4, 0.5) is 11.5 Å². The maximum atomic E-state index is 12.9. The van der Waals surface area contributed by atoms with Gasteiger partial charge in [0.05, 0.1) is 18.5 Å². The van der Waals surface area contributed by atoms with E-state index < -0.39 is 5.91 Å². The van der Waals surface area contributed by atoms with Crippen LogP contribution >= 0.6 is 0 Å². The molecule has 0 atom stereocenters. The number of nitrogens with zero attached hydrogens (tertiary/aromatic N) is 8. The van der Waals surface area contributed by atoms with Crippen LogP contribution in [0.3, 0.4) is 0 Å². The summed E-state index contributed by atoms with van der Waals surface area (Å²) in [5.41, 5.74) is 12.1. The van der Waals surface area contributed by atoms with Crippen molar-refractivity contribution in [1.82, 2.24) is 35.7 Å². The zero-order valence-electron chi connectivity index (χ0n) is 16.8. The predicted molar refractivity (Wildman–Crippen MR) is 114 cm³/mol. The average molecular weight is 430 g/mol. The van der Waals surface area contributed by atoms with Crippen LogP contribution in [0.25, 0.3) is 5.82 Å². The SMILES string of the molecule is Nc1nonc1-n1nnc(C(=O)N/N=C\c2ccncc2)c1CN1CCc2ccccc21. The van der Waals surface area contributed by atoms with Gasteiger partial charge in [0.15, 0.2) is 5.69 Å². The van der Waals surface area contributed by atoms with Gasteiger partial charge < -0.3 is 10.6 Å². The summed E-state index contributed by atoms with van der Waals surface area (Å²) in [6.45, 7) is 1.14. The number of amides is 1. The van der Waals surface area contributed by atoms with Gasteiger partial charge >= 0.3 is 0 Å². The van der Waals surface area contributed by atoms with Crippen LogP contribution in [0, 0.1) is 0 Å². The Balaban J connectivity index is 1.45. The molecule has 5 rings (SSSR count). The summed E-state index contributed by atoms with van der Waals surface area (Å²) in [7, 11) is 0. The van der Waals surface area contributed by atoms with E-state index in [0.717, 1.165) is 24.2 Å². The molecule has 1 aliphatic heterocycles. The molecule has 0 aliphatic carbocycles. The van der Waals surface area contributed by atoms with E-state index >= 15 is 0 Å². The lowest BCUT2D eigenvalue weighted by Gasteiger charge is -2.19. The normalized spacial score (nSPS) is 12.9. The third-order valence-corrected chi connectivity index (χ3v) is 5.08. The molecular formula is C20H18N10O2. The van der Waals surface area contributed by atoms with E-state index in [-0.39, 0.29) is 17.3 Å². The second-order valence-corrected chi connectivity index (χ2v) is 7.05. The van der Waals surface area contributed by atoms with E-state index in [1.165, 1.54) is 16.5 Å². The second-order valence-electron chi connectivity index (χ2n) is 7.05. The summed E-state index contributed by atoms with van der Waals surface area (Å²) < 4.78 is 6.08. The van der Waals surface area contributed by atoms with Crippen LogP contribution in [0.5, 0.6) is 0 Å². The lowest BCUT2D eigenvalue weighted by Crippen LogP contribution is -2.26. The lowest BCUT2D eigenvalue weighted by atomic mass is 10.2. The summed E-state index contributed by atoms with van der Waals surface area (Å²) in [6.07, 6.45) is 5.69. The Hall–Kier alpha value is -4.61. The Morgan fingerprint density at radius 2 is 2.06 bits per heavy atom. The Labute approximate surface area is 181 Å². The zero-order valence-corrected chi connectivity index (χ0v) is 16.8. The topological polar surface area (TPSA) is 153 Å². The molecule has 32 heavy (non-hydrogen) atoms. The molecule has 1 aliphatic rings. The van der Waals surface area contributed by atoms with Crippen molar-refractivity contribution < 1.29 is 9.42 Å². The number of rotatable bonds is 6. The smallest absolute Gasteiger partial charge is 0.293 e. The van der Waals surface area contributed by atoms with Crippen LogP contribution < -0.4 is 16.1 Å². The van der Waals surface area contributed by atoms with Gasteiger partial charge in [0.2, 0.25) is 11.6 Å². The van der Waals surface area contributed by atoms with Gasteiger partial charge in [-0.1, -0.05) is 23.4 Å². The van der Waals surface area contributed by atoms with Gasteiger partial charge in [0, 0.05) is 24.6 Å². The van der Waals surface area contributed by atoms with E-state index in [2.05, 4.69) is 47.1 Å². The number of para-hydroxylation sites is 1. The number of hydrogen-bond acceptors (Lipinski definition) is 10. The highest BCUT2D eigenvalue weighted by molar-refractivity contribution is 5.94. The summed E-state index contributed by atoms with van der Waals surface area (Å²) in [5.74, 6) is -0.306. The first-order valence-electron chi connectivity index (χ1n) is 9.80. The number of carbonyl (C=O) groups is 1. The van der Waals surface area contributed by atoms with E-state index in [9.17, 15) is 4.79 Å². The van der Waals surface area contributed by atoms with Crippen molar-refractivity contribution in [1.29, 1.82) is 0 Å². The van der Waals surface area contributed by atoms with Gasteiger partial charge in [-0.2, -0.15) is 9.78 Å². The van der Waals surface area contributed by atoms with Crippen LogP contribution in [0.2, 0.25) is 0 Å². The van der Waals surface area contributed by atoms with E-state index in [1.807, 2.05) is 18.2 Å². The summed E-state index contributed by atoms with van der Waals surface area (Å²) in [6, 6.07) is 11.7. The number of benzene rings is 1. The van der Waals surface area contributed by atoms with Crippen LogP contribution in [-0.2, 0) is 13.0 Å². The number of anilines is 2. The van der Waals surface area contributed by atoms with Crippen molar-refractivity contribution in [2.45, 2.75) is 13.0 Å². The molecule has 3 N–H and O–H groups in total. The number of carbonyl (C=O) groups excluding carboxylic acids is 1. The standard InChI is InChI=1S/C20H18N10O2/c21-18-19(27-32-26-18)30-16(12-29-10-7-14-3-1-2-4-15(14)29)17(24-28-30)20(31)25-23-11-13-5-8-22-9-6-13/h1-6,8-9,11H,7,10,12H2,(H2,21,26)(H,25,31)/b23-11-. The summed E-state index contributed by atoms with van der Waals surface area (Å²) >= 11 is 0. The molecule has 160 valence electrons. The molecule has 0 unspecified atom stereocenters. The molecule has 0 bridgehead atoms. The molecule has 0 saturated heterocycles. The van der Waals surface area contributed by atoms with Gasteiger partial charge in [-0.05, 0) is 46.1 Å². The molecular weight excluding hydrogens is 412 g/mol. The molecule has 12 nitrogen and oxygen atoms in total. The molecule has 4 aromatic rings. The van der Waals surface area contributed by atoms with Crippen molar-refractivity contribution in [3.8, 4) is 5.82 Å². The van der Waals surface area contributed by atoms with Crippen LogP contribution in [0.15, 0.2) is 58.5 Å². The van der Waals surface area contributed by atoms with E-state index in [1.54, 1.807) is 24.5 Å². The third-order valence-electron chi connectivity index (χ3n) is 5.08. The number of aromatic nitrogens is 6. The quantitative estimate of drug-likeness (QED) is 0.336. The molecule has 0 fully saturated rings. The first kappa shape index (κ1) is 19.4. The predicted octanol–water partition coefficient (Wildman–Crippen LogP) is 0.954. The van der Waals surface area contributed by atoms with Crippen molar-refractivity contribution >= 4 is 23.6 Å². The Bertz CT molecular complexity index is 1280. The highest BCUT2D eigenvalue weighted by atomic mass is 16.6. The lowest BCUT2D eigenvalue weighted by molar-refractivity contribution is 0.0949. The number of hydrogen-bond donors (Lipinski definition) is 2. The van der Waals surface area contributed by atoms with Gasteiger partial charge in [0.25, 0.3) is 5.91 Å². The van der Waals surface area contributed by atoms with Gasteiger partial charge in [-0.15, -0.1) is 5.10 Å². The van der Waals surface area contributed by atoms with Gasteiger partial charge in [-0.3, -0.25) is 9.78 Å². The molecule has 4 heterocycles. The van der Waals surface area contributed by atoms with Crippen LogP contribution in [-0.4, -0.2) is 49.0 Å². The van der Waals surface area contributed by atoms with Crippen LogP contribution in [0.1, 0.15) is 27.3 Å². The molecule has 1 amide bonds. The Morgan fingerprint density at radius 1 is 1.22 bits per heavy atom. The molecule has 1 aromatic carbocycles. The minimum atomic E-state index is -0.515. The first-order valence-corrected chi connectivity index (χ1v) is 9.80. The highest BCUT2D eigenvalue weighted by Gasteiger charge is 2.27. The third kappa shape index (κ3) is 3.64. The van der Waals surface area contributed by atoms with Crippen molar-refractivity contribution in [3.05, 3.63) is 71.3 Å². The number of nitrogens with one attached hydrogen (secondary N) is 1. The summed E-state index contributed by atoms with van der Waals surface area (Å²) in [5, 5.41) is 19.5. The number of pyridine rings is 1. The van der Waals surface area contributed by atoms with E-state index in [4.69, 9.17) is 10.4 Å². The maximum Gasteiger partial charge on any atom is 0.293 e. The zero-order chi connectivity index (χ0) is 21.9. The molecule has 0 radical (unpaired) electrons. The first-order chi connectivity index (χ1) is 15.7.